The van der Waals surface area contributed by atoms with Gasteiger partial charge in [0.25, 0.3) is 0 Å². The molecule has 25 heavy (non-hydrogen) atoms. The standard InChI is InChI=1S/C21H25FN2O/c22-18-7-5-16-6-8-21(20(16)11-18)23-12-19(25)14-24-10-9-15-3-1-2-4-17(15)13-24/h1-5,7,11,19,21,23,25H,6,8-10,12-14H2. The minimum Gasteiger partial charge on any atom is -0.390 e. The monoisotopic (exact) mass is 340 g/mol. The molecule has 0 amide bonds. The summed E-state index contributed by atoms with van der Waals surface area (Å²) < 4.78 is 13.5. The average molecular weight is 340 g/mol. The first-order valence-electron chi connectivity index (χ1n) is 9.18. The van der Waals surface area contributed by atoms with Crippen LogP contribution in [0.15, 0.2) is 42.5 Å². The third-order valence-corrected chi connectivity index (χ3v) is 5.46. The van der Waals surface area contributed by atoms with Gasteiger partial charge in [-0.25, -0.2) is 4.39 Å². The van der Waals surface area contributed by atoms with E-state index in [-0.39, 0.29) is 11.9 Å². The summed E-state index contributed by atoms with van der Waals surface area (Å²) >= 11 is 0. The third kappa shape index (κ3) is 3.76. The minimum atomic E-state index is -0.414. The van der Waals surface area contributed by atoms with Crippen LogP contribution in [0.1, 0.15) is 34.7 Å². The van der Waals surface area contributed by atoms with Crippen LogP contribution >= 0.6 is 0 Å². The minimum absolute atomic E-state index is 0.155. The normalized spacial score (nSPS) is 21.0. The first kappa shape index (κ1) is 16.7. The molecule has 2 unspecified atom stereocenters. The lowest BCUT2D eigenvalue weighted by Gasteiger charge is -2.30. The van der Waals surface area contributed by atoms with Crippen LogP contribution in [-0.2, 0) is 19.4 Å². The summed E-state index contributed by atoms with van der Waals surface area (Å²) in [4.78, 5) is 2.32. The maximum absolute atomic E-state index is 13.5. The predicted molar refractivity (Wildman–Crippen MR) is 96.9 cm³/mol. The van der Waals surface area contributed by atoms with Crippen LogP contribution in [0, 0.1) is 5.82 Å². The molecular formula is C21H25FN2O. The zero-order valence-corrected chi connectivity index (χ0v) is 14.4. The molecule has 0 saturated carbocycles. The fourth-order valence-corrected chi connectivity index (χ4v) is 4.14. The highest BCUT2D eigenvalue weighted by Gasteiger charge is 2.24. The second kappa shape index (κ2) is 7.24. The van der Waals surface area contributed by atoms with Crippen molar-refractivity contribution in [2.24, 2.45) is 0 Å². The SMILES string of the molecule is OC(CNC1CCc2ccc(F)cc21)CN1CCc2ccccc2C1. The Balaban J connectivity index is 1.30. The van der Waals surface area contributed by atoms with Gasteiger partial charge < -0.3 is 10.4 Å². The molecule has 4 rings (SSSR count). The molecule has 1 aliphatic heterocycles. The number of hydrogen-bond donors (Lipinski definition) is 2. The number of nitrogens with zero attached hydrogens (tertiary/aromatic N) is 1. The Morgan fingerprint density at radius 1 is 1.12 bits per heavy atom. The van der Waals surface area contributed by atoms with Crippen LogP contribution in [0.2, 0.25) is 0 Å². The van der Waals surface area contributed by atoms with Crippen LogP contribution in [0.3, 0.4) is 0 Å². The molecule has 0 spiro atoms. The maximum atomic E-state index is 13.5. The van der Waals surface area contributed by atoms with Crippen molar-refractivity contribution < 1.29 is 9.50 Å². The zero-order chi connectivity index (χ0) is 17.2. The van der Waals surface area contributed by atoms with Crippen molar-refractivity contribution in [2.45, 2.75) is 38.0 Å². The Bertz CT molecular complexity index is 748. The number of aliphatic hydroxyl groups excluding tert-OH is 1. The molecule has 2 atom stereocenters. The molecular weight excluding hydrogens is 315 g/mol. The van der Waals surface area contributed by atoms with E-state index in [2.05, 4.69) is 34.5 Å². The first-order chi connectivity index (χ1) is 12.2. The number of benzene rings is 2. The molecule has 0 bridgehead atoms. The Labute approximate surface area is 148 Å². The number of rotatable bonds is 5. The van der Waals surface area contributed by atoms with Crippen molar-refractivity contribution in [3.63, 3.8) is 0 Å². The maximum Gasteiger partial charge on any atom is 0.123 e. The quantitative estimate of drug-likeness (QED) is 0.879. The second-order valence-electron chi connectivity index (χ2n) is 7.25. The number of aliphatic hydroxyl groups is 1. The molecule has 1 heterocycles. The summed E-state index contributed by atoms with van der Waals surface area (Å²) in [5.74, 6) is -0.181. The lowest BCUT2D eigenvalue weighted by molar-refractivity contribution is 0.102. The topological polar surface area (TPSA) is 35.5 Å². The Morgan fingerprint density at radius 3 is 2.84 bits per heavy atom. The van der Waals surface area contributed by atoms with E-state index in [0.717, 1.165) is 37.9 Å². The van der Waals surface area contributed by atoms with Gasteiger partial charge in [-0.05, 0) is 53.6 Å². The van der Waals surface area contributed by atoms with Crippen molar-refractivity contribution in [2.75, 3.05) is 19.6 Å². The molecule has 0 radical (unpaired) electrons. The van der Waals surface area contributed by atoms with Crippen molar-refractivity contribution >= 4 is 0 Å². The van der Waals surface area contributed by atoms with Crippen LogP contribution in [-0.4, -0.2) is 35.7 Å². The van der Waals surface area contributed by atoms with Gasteiger partial charge in [-0.15, -0.1) is 0 Å². The van der Waals surface area contributed by atoms with E-state index in [4.69, 9.17) is 0 Å². The highest BCUT2D eigenvalue weighted by Crippen LogP contribution is 2.31. The smallest absolute Gasteiger partial charge is 0.123 e. The Hall–Kier alpha value is -1.75. The van der Waals surface area contributed by atoms with E-state index in [0.29, 0.717) is 13.1 Å². The Kier molecular flexibility index (Phi) is 4.84. The molecule has 0 fully saturated rings. The number of nitrogens with one attached hydrogen (secondary N) is 1. The summed E-state index contributed by atoms with van der Waals surface area (Å²) in [6.45, 7) is 3.11. The number of halogens is 1. The van der Waals surface area contributed by atoms with E-state index < -0.39 is 6.10 Å². The highest BCUT2D eigenvalue weighted by molar-refractivity contribution is 5.35. The molecule has 0 saturated heterocycles. The molecule has 2 aromatic rings. The summed E-state index contributed by atoms with van der Waals surface area (Å²) in [7, 11) is 0. The third-order valence-electron chi connectivity index (χ3n) is 5.46. The van der Waals surface area contributed by atoms with E-state index in [1.54, 1.807) is 6.07 Å². The molecule has 4 heteroatoms. The van der Waals surface area contributed by atoms with Crippen LogP contribution in [0.5, 0.6) is 0 Å². The number of hydrogen-bond acceptors (Lipinski definition) is 3. The molecule has 2 aliphatic rings. The highest BCUT2D eigenvalue weighted by atomic mass is 19.1. The summed E-state index contributed by atoms with van der Waals surface area (Å²) in [5, 5.41) is 13.9. The molecule has 3 nitrogen and oxygen atoms in total. The number of aryl methyl sites for hydroxylation is 1. The lowest BCUT2D eigenvalue weighted by atomic mass is 10.00. The van der Waals surface area contributed by atoms with Gasteiger partial charge in [0.15, 0.2) is 0 Å². The molecule has 132 valence electrons. The van der Waals surface area contributed by atoms with Crippen LogP contribution in [0.4, 0.5) is 4.39 Å². The van der Waals surface area contributed by atoms with Gasteiger partial charge in [-0.3, -0.25) is 4.90 Å². The van der Waals surface area contributed by atoms with Gasteiger partial charge >= 0.3 is 0 Å². The van der Waals surface area contributed by atoms with Crippen molar-refractivity contribution in [3.8, 4) is 0 Å². The summed E-state index contributed by atoms with van der Waals surface area (Å²) in [6.07, 6.45) is 2.59. The number of fused-ring (bicyclic) bond motifs is 2. The van der Waals surface area contributed by atoms with E-state index >= 15 is 0 Å². The molecule has 1 aliphatic carbocycles. The largest absolute Gasteiger partial charge is 0.390 e. The second-order valence-corrected chi connectivity index (χ2v) is 7.25. The van der Waals surface area contributed by atoms with Gasteiger partial charge in [-0.1, -0.05) is 30.3 Å². The van der Waals surface area contributed by atoms with Gasteiger partial charge in [0, 0.05) is 32.2 Å². The van der Waals surface area contributed by atoms with Crippen LogP contribution < -0.4 is 5.32 Å². The van der Waals surface area contributed by atoms with E-state index in [1.165, 1.54) is 22.8 Å². The first-order valence-corrected chi connectivity index (χ1v) is 9.18. The fraction of sp³-hybridized carbons (Fsp3) is 0.429. The summed E-state index contributed by atoms with van der Waals surface area (Å²) in [5.41, 5.74) is 5.07. The predicted octanol–water partition coefficient (Wildman–Crippen LogP) is 2.82. The van der Waals surface area contributed by atoms with Gasteiger partial charge in [-0.2, -0.15) is 0 Å². The average Bonchev–Trinajstić information content (AvgIpc) is 3.02. The van der Waals surface area contributed by atoms with Gasteiger partial charge in [0.2, 0.25) is 0 Å². The van der Waals surface area contributed by atoms with Gasteiger partial charge in [0.1, 0.15) is 5.82 Å². The molecule has 0 aromatic heterocycles. The van der Waals surface area contributed by atoms with E-state index in [1.807, 2.05) is 6.07 Å². The number of β-amino-alcohol motifs (C(OH)–C–C–N with tert-alkyl or cyclic N) is 1. The zero-order valence-electron chi connectivity index (χ0n) is 14.4. The molecule has 2 N–H and O–H groups in total. The molecule has 2 aromatic carbocycles. The fourth-order valence-electron chi connectivity index (χ4n) is 4.14. The van der Waals surface area contributed by atoms with Crippen molar-refractivity contribution in [1.29, 1.82) is 0 Å². The van der Waals surface area contributed by atoms with Crippen molar-refractivity contribution in [1.82, 2.24) is 10.2 Å². The van der Waals surface area contributed by atoms with E-state index in [9.17, 15) is 9.50 Å². The van der Waals surface area contributed by atoms with Crippen molar-refractivity contribution in [3.05, 3.63) is 70.5 Å². The lowest BCUT2D eigenvalue weighted by Crippen LogP contribution is -2.41. The van der Waals surface area contributed by atoms with Gasteiger partial charge in [0.05, 0.1) is 6.10 Å². The Morgan fingerprint density at radius 2 is 1.96 bits per heavy atom. The summed E-state index contributed by atoms with van der Waals surface area (Å²) in [6, 6.07) is 13.7. The van der Waals surface area contributed by atoms with Crippen LogP contribution in [0.25, 0.3) is 0 Å².